The number of ketones is 1. The van der Waals surface area contributed by atoms with Crippen molar-refractivity contribution in [3.8, 4) is 0 Å². The van der Waals surface area contributed by atoms with Crippen molar-refractivity contribution in [3.63, 3.8) is 0 Å². The summed E-state index contributed by atoms with van der Waals surface area (Å²) in [7, 11) is 0. The number of hydrogen-bond acceptors (Lipinski definition) is 4. The molecule has 0 radical (unpaired) electrons. The minimum absolute atomic E-state index is 0.00566. The number of carbonyl (C=O) groups is 3. The molecule has 0 atom stereocenters. The van der Waals surface area contributed by atoms with Crippen LogP contribution in [0.1, 0.15) is 69.4 Å². The van der Waals surface area contributed by atoms with Gasteiger partial charge in [0.05, 0.1) is 5.92 Å². The van der Waals surface area contributed by atoms with E-state index >= 15 is 0 Å². The molecule has 31 heavy (non-hydrogen) atoms. The van der Waals surface area contributed by atoms with E-state index in [1.54, 1.807) is 4.90 Å². The van der Waals surface area contributed by atoms with Gasteiger partial charge in [0.1, 0.15) is 0 Å². The Balaban J connectivity index is 1.29. The molecule has 2 fully saturated rings. The molecule has 6 nitrogen and oxygen atoms in total. The first-order chi connectivity index (χ1) is 14.9. The molecule has 0 N–H and O–H groups in total. The number of Topliss-reactive ketones (excluding diaryl/α,β-unsaturated/α-hetero) is 1. The van der Waals surface area contributed by atoms with E-state index in [0.717, 1.165) is 29.8 Å². The Morgan fingerprint density at radius 2 is 1.65 bits per heavy atom. The number of hydrogen-bond donors (Lipinski definition) is 0. The van der Waals surface area contributed by atoms with Gasteiger partial charge in [0, 0.05) is 41.6 Å². The SMILES string of the molecule is Cc1ccccc1C(=O)N1CCC(C(=O)OCC(=O)c2cc(C)n(C3CC3)c2C)CC1. The number of esters is 1. The fourth-order valence-corrected chi connectivity index (χ4v) is 4.59. The van der Waals surface area contributed by atoms with Crippen LogP contribution in [0.4, 0.5) is 0 Å². The van der Waals surface area contributed by atoms with Crippen molar-refractivity contribution in [1.82, 2.24) is 9.47 Å². The van der Waals surface area contributed by atoms with Crippen LogP contribution < -0.4 is 0 Å². The Kier molecular flexibility index (Phi) is 5.99. The molecule has 1 aliphatic heterocycles. The van der Waals surface area contributed by atoms with Crippen molar-refractivity contribution in [2.24, 2.45) is 5.92 Å². The van der Waals surface area contributed by atoms with Crippen LogP contribution in [0.15, 0.2) is 30.3 Å². The highest BCUT2D eigenvalue weighted by Crippen LogP contribution is 2.38. The van der Waals surface area contributed by atoms with E-state index in [1.165, 1.54) is 0 Å². The van der Waals surface area contributed by atoms with Gasteiger partial charge in [0.25, 0.3) is 5.91 Å². The number of piperidine rings is 1. The summed E-state index contributed by atoms with van der Waals surface area (Å²) in [5.41, 5.74) is 4.35. The first kappa shape index (κ1) is 21.3. The summed E-state index contributed by atoms with van der Waals surface area (Å²) in [6.45, 7) is 6.71. The average Bonchev–Trinajstić information content (AvgIpc) is 3.56. The number of ether oxygens (including phenoxy) is 1. The minimum Gasteiger partial charge on any atom is -0.457 e. The summed E-state index contributed by atoms with van der Waals surface area (Å²) in [6, 6.07) is 9.96. The molecule has 2 heterocycles. The van der Waals surface area contributed by atoms with Crippen molar-refractivity contribution in [2.75, 3.05) is 19.7 Å². The molecule has 2 aliphatic rings. The van der Waals surface area contributed by atoms with E-state index < -0.39 is 0 Å². The van der Waals surface area contributed by atoms with Crippen molar-refractivity contribution >= 4 is 17.7 Å². The monoisotopic (exact) mass is 422 g/mol. The quantitative estimate of drug-likeness (QED) is 0.521. The van der Waals surface area contributed by atoms with Crippen molar-refractivity contribution in [1.29, 1.82) is 0 Å². The zero-order valence-corrected chi connectivity index (χ0v) is 18.5. The zero-order chi connectivity index (χ0) is 22.1. The molecule has 4 rings (SSSR count). The second-order valence-electron chi connectivity index (χ2n) is 8.80. The number of likely N-dealkylation sites (tertiary alicyclic amines) is 1. The summed E-state index contributed by atoms with van der Waals surface area (Å²) in [6.07, 6.45) is 3.43. The van der Waals surface area contributed by atoms with Gasteiger partial charge in [-0.05, 0) is 64.2 Å². The zero-order valence-electron chi connectivity index (χ0n) is 18.5. The molecule has 0 unspecified atom stereocenters. The number of amides is 1. The first-order valence-electron chi connectivity index (χ1n) is 11.1. The molecule has 1 amide bonds. The lowest BCUT2D eigenvalue weighted by Crippen LogP contribution is -2.41. The number of aryl methyl sites for hydroxylation is 2. The molecule has 164 valence electrons. The molecule has 6 heteroatoms. The van der Waals surface area contributed by atoms with Gasteiger partial charge >= 0.3 is 5.97 Å². The third kappa shape index (κ3) is 4.43. The number of aromatic nitrogens is 1. The van der Waals surface area contributed by atoms with Gasteiger partial charge in [-0.3, -0.25) is 14.4 Å². The van der Waals surface area contributed by atoms with Gasteiger partial charge in [-0.15, -0.1) is 0 Å². The maximum absolute atomic E-state index is 12.7. The molecule has 1 saturated carbocycles. The lowest BCUT2D eigenvalue weighted by Gasteiger charge is -2.31. The normalized spacial score (nSPS) is 16.9. The fraction of sp³-hybridized carbons (Fsp3) is 0.480. The molecule has 0 bridgehead atoms. The van der Waals surface area contributed by atoms with Crippen LogP contribution in [-0.4, -0.2) is 46.8 Å². The van der Waals surface area contributed by atoms with Crippen LogP contribution in [-0.2, 0) is 9.53 Å². The van der Waals surface area contributed by atoms with E-state index in [2.05, 4.69) is 4.57 Å². The van der Waals surface area contributed by atoms with Gasteiger partial charge in [-0.25, -0.2) is 0 Å². The molecular formula is C25H30N2O4. The summed E-state index contributed by atoms with van der Waals surface area (Å²) < 4.78 is 7.59. The number of benzene rings is 1. The second kappa shape index (κ2) is 8.69. The molecule has 1 aromatic heterocycles. The minimum atomic E-state index is -0.340. The highest BCUT2D eigenvalue weighted by atomic mass is 16.5. The van der Waals surface area contributed by atoms with Crippen LogP contribution in [0.5, 0.6) is 0 Å². The lowest BCUT2D eigenvalue weighted by atomic mass is 9.96. The molecule has 0 spiro atoms. The fourth-order valence-electron chi connectivity index (χ4n) is 4.59. The summed E-state index contributed by atoms with van der Waals surface area (Å²) in [5, 5.41) is 0. The Bertz CT molecular complexity index is 1010. The predicted molar refractivity (Wildman–Crippen MR) is 117 cm³/mol. The number of nitrogens with zero attached hydrogens (tertiary/aromatic N) is 2. The van der Waals surface area contributed by atoms with E-state index in [-0.39, 0.29) is 30.2 Å². The predicted octanol–water partition coefficient (Wildman–Crippen LogP) is 4.03. The summed E-state index contributed by atoms with van der Waals surface area (Å²) >= 11 is 0. The molecule has 1 aromatic carbocycles. The van der Waals surface area contributed by atoms with Gasteiger partial charge in [-0.2, -0.15) is 0 Å². The van der Waals surface area contributed by atoms with Crippen LogP contribution >= 0.6 is 0 Å². The highest BCUT2D eigenvalue weighted by Gasteiger charge is 2.31. The average molecular weight is 423 g/mol. The van der Waals surface area contributed by atoms with E-state index in [0.29, 0.717) is 43.1 Å². The lowest BCUT2D eigenvalue weighted by molar-refractivity contribution is -0.148. The van der Waals surface area contributed by atoms with Gasteiger partial charge < -0.3 is 14.2 Å². The van der Waals surface area contributed by atoms with E-state index in [4.69, 9.17) is 4.74 Å². The van der Waals surface area contributed by atoms with Crippen molar-refractivity contribution in [2.45, 2.75) is 52.5 Å². The third-order valence-electron chi connectivity index (χ3n) is 6.53. The second-order valence-corrected chi connectivity index (χ2v) is 8.80. The molecule has 1 saturated heterocycles. The van der Waals surface area contributed by atoms with E-state index in [1.807, 2.05) is 51.1 Å². The van der Waals surface area contributed by atoms with Crippen LogP contribution in [0.25, 0.3) is 0 Å². The Hall–Kier alpha value is -2.89. The summed E-state index contributed by atoms with van der Waals surface area (Å²) in [4.78, 5) is 39.7. The first-order valence-corrected chi connectivity index (χ1v) is 11.1. The van der Waals surface area contributed by atoms with E-state index in [9.17, 15) is 14.4 Å². The maximum atomic E-state index is 12.7. The third-order valence-corrected chi connectivity index (χ3v) is 6.53. The Morgan fingerprint density at radius 3 is 2.29 bits per heavy atom. The topological polar surface area (TPSA) is 68.6 Å². The van der Waals surface area contributed by atoms with Crippen LogP contribution in [0.2, 0.25) is 0 Å². The maximum Gasteiger partial charge on any atom is 0.309 e. The van der Waals surface area contributed by atoms with Crippen molar-refractivity contribution in [3.05, 3.63) is 58.4 Å². The molecule has 2 aromatic rings. The van der Waals surface area contributed by atoms with Crippen molar-refractivity contribution < 1.29 is 19.1 Å². The smallest absolute Gasteiger partial charge is 0.309 e. The number of rotatable bonds is 6. The summed E-state index contributed by atoms with van der Waals surface area (Å²) in [5.74, 6) is -0.758. The van der Waals surface area contributed by atoms with Gasteiger partial charge in [0.2, 0.25) is 5.78 Å². The van der Waals surface area contributed by atoms with Gasteiger partial charge in [-0.1, -0.05) is 18.2 Å². The van der Waals surface area contributed by atoms with Crippen LogP contribution in [0.3, 0.4) is 0 Å². The highest BCUT2D eigenvalue weighted by molar-refractivity contribution is 5.99. The van der Waals surface area contributed by atoms with Crippen LogP contribution in [0, 0.1) is 26.7 Å². The number of carbonyl (C=O) groups excluding carboxylic acids is 3. The molecule has 1 aliphatic carbocycles. The Morgan fingerprint density at radius 1 is 0.968 bits per heavy atom. The largest absolute Gasteiger partial charge is 0.457 e. The standard InChI is InChI=1S/C25H30N2O4/c1-16-6-4-5-7-21(16)24(29)26-12-10-19(11-13-26)25(30)31-15-23(28)22-14-17(2)27(18(22)3)20-8-9-20/h4-7,14,19-20H,8-13,15H2,1-3H3. The molecular weight excluding hydrogens is 392 g/mol. The Labute approximate surface area is 183 Å². The van der Waals surface area contributed by atoms with Gasteiger partial charge in [0.15, 0.2) is 6.61 Å².